The molecule has 3 aromatic rings. The van der Waals surface area contributed by atoms with Crippen LogP contribution >= 0.6 is 0 Å². The molecule has 0 aromatic carbocycles. The molecule has 0 saturated carbocycles. The van der Waals surface area contributed by atoms with Gasteiger partial charge in [0.05, 0.1) is 17.8 Å². The third-order valence-corrected chi connectivity index (χ3v) is 10.8. The Balaban J connectivity index is 1.15. The fourth-order valence-corrected chi connectivity index (χ4v) is 8.06. The molecule has 0 aliphatic carbocycles. The van der Waals surface area contributed by atoms with E-state index < -0.39 is 23.5 Å². The van der Waals surface area contributed by atoms with Crippen molar-refractivity contribution in [3.8, 4) is 6.01 Å². The molecule has 17 heteroatoms. The number of pyridine rings is 1. The topological polar surface area (TPSA) is 143 Å². The lowest BCUT2D eigenvalue weighted by Crippen LogP contribution is -2.44. The summed E-state index contributed by atoms with van der Waals surface area (Å²) in [5, 5.41) is 3.93. The van der Waals surface area contributed by atoms with Crippen LogP contribution in [0, 0.1) is 6.92 Å². The number of hydrogen-bond acceptors (Lipinski definition) is 12. The zero-order valence-corrected chi connectivity index (χ0v) is 29.8. The second-order valence-electron chi connectivity index (χ2n) is 14.7. The number of carbonyl (C=O) groups is 1. The summed E-state index contributed by atoms with van der Waals surface area (Å²) >= 11 is 0. The number of carbonyl (C=O) groups excluding carboxylic acids is 1. The monoisotopic (exact) mass is 728 g/mol. The van der Waals surface area contributed by atoms with Crippen LogP contribution in [0.2, 0.25) is 0 Å². The summed E-state index contributed by atoms with van der Waals surface area (Å²) in [5.41, 5.74) is 5.95. The summed E-state index contributed by atoms with van der Waals surface area (Å²) in [7, 11) is 1.89. The predicted molar refractivity (Wildman–Crippen MR) is 185 cm³/mol. The maximum Gasteiger partial charge on any atom is 0.420 e. The highest BCUT2D eigenvalue weighted by atomic mass is 19.4. The Bertz CT molecular complexity index is 1850. The van der Waals surface area contributed by atoms with Gasteiger partial charge >= 0.3 is 12.2 Å². The minimum absolute atomic E-state index is 0.00545. The van der Waals surface area contributed by atoms with Crippen molar-refractivity contribution in [2.75, 3.05) is 61.9 Å². The molecule has 4 aliphatic heterocycles. The van der Waals surface area contributed by atoms with Gasteiger partial charge in [-0.15, -0.1) is 0 Å². The van der Waals surface area contributed by atoms with Crippen LogP contribution in [-0.4, -0.2) is 105 Å². The van der Waals surface area contributed by atoms with Gasteiger partial charge in [-0.3, -0.25) is 9.69 Å². The third kappa shape index (κ3) is 6.98. The molecule has 0 spiro atoms. The normalized spacial score (nSPS) is 23.6. The van der Waals surface area contributed by atoms with Crippen molar-refractivity contribution in [1.82, 2.24) is 34.9 Å². The van der Waals surface area contributed by atoms with Gasteiger partial charge in [-0.2, -0.15) is 28.1 Å². The minimum Gasteiger partial charge on any atom is -0.461 e. The van der Waals surface area contributed by atoms with Gasteiger partial charge in [0, 0.05) is 69.3 Å². The maximum absolute atomic E-state index is 14.5. The Hall–Kier alpha value is -4.54. The number of nitrogens with two attached hydrogens (primary N) is 1. The molecule has 3 fully saturated rings. The summed E-state index contributed by atoms with van der Waals surface area (Å²) in [6.07, 6.45) is 0.455. The molecule has 4 aliphatic rings. The highest BCUT2D eigenvalue weighted by Crippen LogP contribution is 2.42. The van der Waals surface area contributed by atoms with Crippen molar-refractivity contribution < 1.29 is 31.6 Å². The van der Waals surface area contributed by atoms with E-state index in [0.29, 0.717) is 56.2 Å². The number of rotatable bonds is 9. The van der Waals surface area contributed by atoms with Gasteiger partial charge in [0.1, 0.15) is 35.8 Å². The first-order valence-corrected chi connectivity index (χ1v) is 17.7. The smallest absolute Gasteiger partial charge is 0.420 e. The fourth-order valence-electron chi connectivity index (χ4n) is 8.06. The van der Waals surface area contributed by atoms with E-state index in [0.717, 1.165) is 24.9 Å². The second kappa shape index (κ2) is 13.8. The summed E-state index contributed by atoms with van der Waals surface area (Å²) < 4.78 is 68.9. The van der Waals surface area contributed by atoms with Crippen molar-refractivity contribution in [3.63, 3.8) is 0 Å². The Morgan fingerprint density at radius 3 is 2.75 bits per heavy atom. The zero-order valence-electron chi connectivity index (χ0n) is 29.8. The summed E-state index contributed by atoms with van der Waals surface area (Å²) in [6.45, 7) is 7.80. The molecular weight excluding hydrogens is 684 g/mol. The van der Waals surface area contributed by atoms with Crippen LogP contribution in [0.15, 0.2) is 16.7 Å². The molecule has 280 valence electrons. The number of halogens is 4. The van der Waals surface area contributed by atoms with Gasteiger partial charge in [0.2, 0.25) is 5.91 Å². The van der Waals surface area contributed by atoms with E-state index in [1.54, 1.807) is 9.80 Å². The first-order chi connectivity index (χ1) is 24.7. The van der Waals surface area contributed by atoms with Crippen molar-refractivity contribution in [1.29, 1.82) is 0 Å². The highest BCUT2D eigenvalue weighted by molar-refractivity contribution is 5.91. The molecule has 2 N–H and O–H groups in total. The number of hydrogen-bond donors (Lipinski definition) is 1. The molecule has 0 bridgehead atoms. The number of likely N-dealkylation sites (N-methyl/N-ethyl adjacent to an activating group) is 1. The van der Waals surface area contributed by atoms with Crippen molar-refractivity contribution in [2.24, 2.45) is 0 Å². The molecule has 13 nitrogen and oxygen atoms in total. The van der Waals surface area contributed by atoms with Crippen molar-refractivity contribution >= 4 is 29.4 Å². The number of likely N-dealkylation sites (tertiary alicyclic amines) is 1. The Morgan fingerprint density at radius 2 is 2.00 bits per heavy atom. The van der Waals surface area contributed by atoms with Crippen LogP contribution < -0.4 is 20.3 Å². The van der Waals surface area contributed by atoms with Crippen molar-refractivity contribution in [2.45, 2.75) is 89.3 Å². The standard InChI is InChI=1S/C35H44F4N10O3/c1-20(2)30-43-27(52-45-30)6-7-28(50)47-12-8-23(17-47)46(4)31-24-9-13-48(32-29(35(37,38)39)21(3)14-26(40)42-32)18-25(24)41-33(44-31)51-19-34-10-5-11-49(34)16-22(36)15-34/h6-7,14,20,22-23H,5,8-13,15-19H2,1-4H3,(H2,40,42)/b7-6+/t22-,23-,34+/m1/s1. The molecule has 1 amide bonds. The van der Waals surface area contributed by atoms with Crippen LogP contribution in [0.3, 0.4) is 0 Å². The number of aromatic nitrogens is 5. The zero-order chi connectivity index (χ0) is 36.9. The van der Waals surface area contributed by atoms with Crippen LogP contribution in [-0.2, 0) is 23.9 Å². The van der Waals surface area contributed by atoms with Crippen LogP contribution in [0.25, 0.3) is 6.08 Å². The fraction of sp³-hybridized carbons (Fsp3) is 0.600. The average molecular weight is 729 g/mol. The summed E-state index contributed by atoms with van der Waals surface area (Å²) in [6, 6.07) is 1.19. The first kappa shape index (κ1) is 35.8. The van der Waals surface area contributed by atoms with Gasteiger partial charge in [0.25, 0.3) is 5.89 Å². The molecule has 52 heavy (non-hydrogen) atoms. The minimum atomic E-state index is -4.64. The predicted octanol–water partition coefficient (Wildman–Crippen LogP) is 4.56. The number of aryl methyl sites for hydroxylation is 1. The molecule has 3 aromatic heterocycles. The van der Waals surface area contributed by atoms with E-state index in [4.69, 9.17) is 25.0 Å². The quantitative estimate of drug-likeness (QED) is 0.244. The van der Waals surface area contributed by atoms with E-state index in [9.17, 15) is 22.4 Å². The van der Waals surface area contributed by atoms with Gasteiger partial charge in [-0.25, -0.2) is 9.37 Å². The number of nitrogen functional groups attached to an aromatic ring is 1. The molecule has 3 atom stereocenters. The van der Waals surface area contributed by atoms with Gasteiger partial charge in [0.15, 0.2) is 5.82 Å². The number of anilines is 3. The van der Waals surface area contributed by atoms with E-state index in [2.05, 4.69) is 20.0 Å². The Kier molecular flexibility index (Phi) is 9.50. The molecule has 7 rings (SSSR count). The van der Waals surface area contributed by atoms with Gasteiger partial charge in [-0.05, 0) is 50.8 Å². The average Bonchev–Trinajstić information content (AvgIpc) is 3.89. The second-order valence-corrected chi connectivity index (χ2v) is 14.7. The third-order valence-electron chi connectivity index (χ3n) is 10.8. The highest BCUT2D eigenvalue weighted by Gasteiger charge is 2.49. The Labute approximate surface area is 299 Å². The summed E-state index contributed by atoms with van der Waals surface area (Å²) in [5.74, 6) is 1.05. The largest absolute Gasteiger partial charge is 0.461 e. The maximum atomic E-state index is 14.5. The van der Waals surface area contributed by atoms with E-state index in [1.807, 2.05) is 25.8 Å². The number of ether oxygens (including phenoxy) is 1. The lowest BCUT2D eigenvalue weighted by Gasteiger charge is -2.35. The van der Waals surface area contributed by atoms with Crippen LogP contribution in [0.4, 0.5) is 35.0 Å². The number of nitrogens with zero attached hydrogens (tertiary/aromatic N) is 9. The molecule has 7 heterocycles. The SMILES string of the molecule is Cc1cc(N)nc(N2CCc3c(nc(OC[C@@]45CCCN4C[C@H](F)C5)nc3N(C)[C@@H]3CCN(C(=O)/C=C/c4nc(C(C)C)no4)C3)C2)c1C(F)(F)F. The Morgan fingerprint density at radius 1 is 1.19 bits per heavy atom. The van der Waals surface area contributed by atoms with E-state index in [-0.39, 0.29) is 66.7 Å². The first-order valence-electron chi connectivity index (χ1n) is 17.7. The van der Waals surface area contributed by atoms with Crippen molar-refractivity contribution in [3.05, 3.63) is 46.2 Å². The lowest BCUT2D eigenvalue weighted by atomic mass is 9.95. The van der Waals surface area contributed by atoms with E-state index in [1.165, 1.54) is 25.1 Å². The summed E-state index contributed by atoms with van der Waals surface area (Å²) in [4.78, 5) is 38.6. The number of alkyl halides is 4. The molecule has 0 radical (unpaired) electrons. The lowest BCUT2D eigenvalue weighted by molar-refractivity contribution is -0.137. The number of fused-ring (bicyclic) bond motifs is 2. The van der Waals surface area contributed by atoms with Gasteiger partial charge < -0.3 is 29.7 Å². The van der Waals surface area contributed by atoms with E-state index >= 15 is 0 Å². The molecule has 3 saturated heterocycles. The van der Waals surface area contributed by atoms with Gasteiger partial charge in [-0.1, -0.05) is 19.0 Å². The van der Waals surface area contributed by atoms with Crippen LogP contribution in [0.1, 0.15) is 79.5 Å². The van der Waals surface area contributed by atoms with Crippen LogP contribution in [0.5, 0.6) is 6.01 Å². The molecular formula is C35H44F4N10O3. The molecule has 0 unspecified atom stereocenters. The number of amides is 1.